The molecule has 0 aliphatic carbocycles. The summed E-state index contributed by atoms with van der Waals surface area (Å²) in [6.07, 6.45) is 1.62. The van der Waals surface area contributed by atoms with Crippen molar-refractivity contribution in [2.45, 2.75) is 0 Å². The summed E-state index contributed by atoms with van der Waals surface area (Å²) in [5.74, 6) is 0.738. The van der Waals surface area contributed by atoms with E-state index in [9.17, 15) is 4.79 Å². The number of thiophene rings is 1. The molecule has 27 heavy (non-hydrogen) atoms. The average molecular weight is 379 g/mol. The lowest BCUT2D eigenvalue weighted by atomic mass is 10.1. The monoisotopic (exact) mass is 379 g/mol. The molecule has 0 bridgehead atoms. The number of para-hydroxylation sites is 1. The van der Waals surface area contributed by atoms with Gasteiger partial charge in [0.2, 0.25) is 5.56 Å². The van der Waals surface area contributed by atoms with E-state index in [1.165, 1.54) is 6.07 Å². The highest BCUT2D eigenvalue weighted by Crippen LogP contribution is 2.38. The van der Waals surface area contributed by atoms with Crippen LogP contribution in [0.2, 0.25) is 0 Å². The molecule has 3 aromatic heterocycles. The SMILES string of the molecule is COCCOc1ccccc1-c1nnc(-c2cc[nH]c(=O)c2)c2ccsc12. The molecule has 0 amide bonds. The number of rotatable bonds is 6. The van der Waals surface area contributed by atoms with Crippen molar-refractivity contribution < 1.29 is 9.47 Å². The Bertz CT molecular complexity index is 1140. The van der Waals surface area contributed by atoms with Crippen LogP contribution >= 0.6 is 11.3 Å². The van der Waals surface area contributed by atoms with E-state index in [4.69, 9.17) is 9.47 Å². The van der Waals surface area contributed by atoms with Crippen LogP contribution in [-0.2, 0) is 4.74 Å². The Morgan fingerprint density at radius 3 is 2.78 bits per heavy atom. The highest BCUT2D eigenvalue weighted by atomic mass is 32.1. The molecule has 7 heteroatoms. The summed E-state index contributed by atoms with van der Waals surface area (Å²) < 4.78 is 11.9. The van der Waals surface area contributed by atoms with Crippen molar-refractivity contribution in [3.8, 4) is 28.3 Å². The number of ether oxygens (including phenoxy) is 2. The normalized spacial score (nSPS) is 11.0. The second-order valence-corrected chi connectivity index (χ2v) is 6.76. The quantitative estimate of drug-likeness (QED) is 0.517. The van der Waals surface area contributed by atoms with E-state index in [-0.39, 0.29) is 5.56 Å². The summed E-state index contributed by atoms with van der Waals surface area (Å²) in [6.45, 7) is 0.968. The van der Waals surface area contributed by atoms with E-state index >= 15 is 0 Å². The Kier molecular flexibility index (Phi) is 4.95. The Morgan fingerprint density at radius 2 is 1.93 bits per heavy atom. The molecule has 1 aromatic carbocycles. The molecule has 0 saturated heterocycles. The number of aromatic amines is 1. The molecule has 4 aromatic rings. The third-order valence-corrected chi connectivity index (χ3v) is 5.04. The number of hydrogen-bond acceptors (Lipinski definition) is 6. The summed E-state index contributed by atoms with van der Waals surface area (Å²) in [7, 11) is 1.64. The zero-order valence-corrected chi connectivity index (χ0v) is 15.5. The molecule has 4 rings (SSSR count). The lowest BCUT2D eigenvalue weighted by Gasteiger charge is -2.12. The third kappa shape index (κ3) is 3.47. The number of benzene rings is 1. The van der Waals surface area contributed by atoms with Crippen LogP contribution in [0.5, 0.6) is 5.75 Å². The smallest absolute Gasteiger partial charge is 0.248 e. The molecule has 1 N–H and O–H groups in total. The van der Waals surface area contributed by atoms with Gasteiger partial charge in [0.1, 0.15) is 23.7 Å². The van der Waals surface area contributed by atoms with E-state index in [1.807, 2.05) is 41.8 Å². The van der Waals surface area contributed by atoms with Crippen molar-refractivity contribution in [3.63, 3.8) is 0 Å². The first-order valence-corrected chi connectivity index (χ1v) is 9.30. The van der Waals surface area contributed by atoms with Gasteiger partial charge in [-0.15, -0.1) is 21.5 Å². The molecule has 0 radical (unpaired) electrons. The van der Waals surface area contributed by atoms with Crippen LogP contribution in [0, 0.1) is 0 Å². The zero-order chi connectivity index (χ0) is 18.6. The van der Waals surface area contributed by atoms with Gasteiger partial charge in [-0.25, -0.2) is 0 Å². The number of fused-ring (bicyclic) bond motifs is 1. The Hall–Kier alpha value is -3.03. The lowest BCUT2D eigenvalue weighted by molar-refractivity contribution is 0.146. The predicted molar refractivity (Wildman–Crippen MR) is 106 cm³/mol. The summed E-state index contributed by atoms with van der Waals surface area (Å²) in [5, 5.41) is 11.9. The largest absolute Gasteiger partial charge is 0.490 e. The van der Waals surface area contributed by atoms with Gasteiger partial charge in [-0.2, -0.15) is 0 Å². The van der Waals surface area contributed by atoms with Gasteiger partial charge >= 0.3 is 0 Å². The fourth-order valence-electron chi connectivity index (χ4n) is 2.88. The van der Waals surface area contributed by atoms with Gasteiger partial charge < -0.3 is 14.5 Å². The first kappa shape index (κ1) is 17.4. The fourth-order valence-corrected chi connectivity index (χ4v) is 3.78. The number of aromatic nitrogens is 3. The van der Waals surface area contributed by atoms with Crippen LogP contribution in [0.15, 0.2) is 58.8 Å². The molecular weight excluding hydrogens is 362 g/mol. The van der Waals surface area contributed by atoms with E-state index < -0.39 is 0 Å². The van der Waals surface area contributed by atoms with Crippen molar-refractivity contribution in [2.75, 3.05) is 20.3 Å². The van der Waals surface area contributed by atoms with Gasteiger partial charge in [0.25, 0.3) is 0 Å². The standard InChI is InChI=1S/C20H17N3O3S/c1-25-9-10-26-16-5-3-2-4-14(16)19-20-15(7-11-27-20)18(22-23-19)13-6-8-21-17(24)12-13/h2-8,11-12H,9-10H2,1H3,(H,21,24). The maximum absolute atomic E-state index is 11.7. The van der Waals surface area contributed by atoms with Crippen LogP contribution in [0.25, 0.3) is 32.6 Å². The van der Waals surface area contributed by atoms with E-state index in [1.54, 1.807) is 24.6 Å². The van der Waals surface area contributed by atoms with E-state index in [0.29, 0.717) is 18.9 Å². The Morgan fingerprint density at radius 1 is 1.07 bits per heavy atom. The minimum absolute atomic E-state index is 0.168. The topological polar surface area (TPSA) is 77.1 Å². The molecule has 0 aliphatic heterocycles. The lowest BCUT2D eigenvalue weighted by Crippen LogP contribution is -2.05. The fraction of sp³-hybridized carbons (Fsp3) is 0.150. The first-order valence-electron chi connectivity index (χ1n) is 8.42. The van der Waals surface area contributed by atoms with Crippen LogP contribution in [0.1, 0.15) is 0 Å². The molecule has 0 aliphatic rings. The average Bonchev–Trinajstić information content (AvgIpc) is 3.18. The second-order valence-electron chi connectivity index (χ2n) is 5.84. The molecule has 0 fully saturated rings. The maximum atomic E-state index is 11.7. The minimum Gasteiger partial charge on any atom is -0.490 e. The van der Waals surface area contributed by atoms with E-state index in [0.717, 1.165) is 32.7 Å². The van der Waals surface area contributed by atoms with Gasteiger partial charge in [-0.3, -0.25) is 4.79 Å². The number of methoxy groups -OCH3 is 1. The summed E-state index contributed by atoms with van der Waals surface area (Å²) in [5.41, 5.74) is 2.91. The highest BCUT2D eigenvalue weighted by molar-refractivity contribution is 7.17. The number of nitrogens with zero attached hydrogens (tertiary/aromatic N) is 2. The van der Waals surface area contributed by atoms with Crippen molar-refractivity contribution in [3.05, 3.63) is 64.4 Å². The van der Waals surface area contributed by atoms with Crippen molar-refractivity contribution >= 4 is 21.4 Å². The van der Waals surface area contributed by atoms with Crippen molar-refractivity contribution in [1.29, 1.82) is 0 Å². The molecule has 6 nitrogen and oxygen atoms in total. The van der Waals surface area contributed by atoms with Crippen molar-refractivity contribution in [2.24, 2.45) is 0 Å². The Balaban J connectivity index is 1.83. The van der Waals surface area contributed by atoms with Gasteiger partial charge in [0, 0.05) is 35.9 Å². The Labute approximate surface area is 159 Å². The third-order valence-electron chi connectivity index (χ3n) is 4.12. The molecule has 136 valence electrons. The van der Waals surface area contributed by atoms with Crippen LogP contribution < -0.4 is 10.3 Å². The van der Waals surface area contributed by atoms with Gasteiger partial charge in [0.05, 0.1) is 11.3 Å². The molecule has 0 atom stereocenters. The minimum atomic E-state index is -0.168. The van der Waals surface area contributed by atoms with Gasteiger partial charge in [0.15, 0.2) is 0 Å². The number of pyridine rings is 1. The van der Waals surface area contributed by atoms with Crippen LogP contribution in [0.4, 0.5) is 0 Å². The predicted octanol–water partition coefficient (Wildman–Crippen LogP) is 3.74. The summed E-state index contributed by atoms with van der Waals surface area (Å²) >= 11 is 1.59. The highest BCUT2D eigenvalue weighted by Gasteiger charge is 2.16. The number of hydrogen-bond donors (Lipinski definition) is 1. The molecule has 0 saturated carbocycles. The van der Waals surface area contributed by atoms with Crippen LogP contribution in [0.3, 0.4) is 0 Å². The molecule has 0 spiro atoms. The van der Waals surface area contributed by atoms with Gasteiger partial charge in [-0.05, 0) is 29.6 Å². The van der Waals surface area contributed by atoms with E-state index in [2.05, 4.69) is 15.2 Å². The molecular formula is C20H17N3O3S. The number of H-pyrrole nitrogens is 1. The summed E-state index contributed by atoms with van der Waals surface area (Å²) in [4.78, 5) is 14.3. The zero-order valence-electron chi connectivity index (χ0n) is 14.6. The molecule has 3 heterocycles. The maximum Gasteiger partial charge on any atom is 0.248 e. The number of nitrogens with one attached hydrogen (secondary N) is 1. The second kappa shape index (κ2) is 7.69. The van der Waals surface area contributed by atoms with Crippen molar-refractivity contribution in [1.82, 2.24) is 15.2 Å². The first-order chi connectivity index (χ1) is 13.3. The molecule has 0 unspecified atom stereocenters. The van der Waals surface area contributed by atoms with Crippen LogP contribution in [-0.4, -0.2) is 35.5 Å². The van der Waals surface area contributed by atoms with Gasteiger partial charge in [-0.1, -0.05) is 12.1 Å². The summed E-state index contributed by atoms with van der Waals surface area (Å²) in [6, 6.07) is 13.1.